The summed E-state index contributed by atoms with van der Waals surface area (Å²) in [4.78, 5) is 13.2. The van der Waals surface area contributed by atoms with Gasteiger partial charge in [-0.05, 0) is 33.4 Å². The van der Waals surface area contributed by atoms with Crippen LogP contribution in [0.2, 0.25) is 0 Å². The van der Waals surface area contributed by atoms with Crippen LogP contribution in [0.1, 0.15) is 13.3 Å². The first-order valence-corrected chi connectivity index (χ1v) is 4.63. The molecule has 0 aromatic rings. The van der Waals surface area contributed by atoms with Gasteiger partial charge in [0.1, 0.15) is 0 Å². The molecule has 1 rings (SSSR count). The van der Waals surface area contributed by atoms with Crippen LogP contribution in [0.25, 0.3) is 0 Å². The Balaban J connectivity index is 2.48. The SMILES string of the molecule is CC(=O)C1=CCC(CN(C)C)C=C1. The van der Waals surface area contributed by atoms with Crippen LogP contribution in [0.3, 0.4) is 0 Å². The average molecular weight is 179 g/mol. The molecule has 0 saturated carbocycles. The summed E-state index contributed by atoms with van der Waals surface area (Å²) in [7, 11) is 4.14. The lowest BCUT2D eigenvalue weighted by atomic mass is 9.95. The lowest BCUT2D eigenvalue weighted by Gasteiger charge is -2.19. The lowest BCUT2D eigenvalue weighted by molar-refractivity contribution is -0.113. The zero-order valence-corrected chi connectivity index (χ0v) is 8.58. The standard InChI is InChI=1S/C11H17NO/c1-9(13)11-6-4-10(5-7-11)8-12(2)3/h4,6-7,10H,5,8H2,1-3H3. The second kappa shape index (κ2) is 4.38. The van der Waals surface area contributed by atoms with Crippen LogP contribution < -0.4 is 0 Å². The zero-order valence-electron chi connectivity index (χ0n) is 8.58. The van der Waals surface area contributed by atoms with E-state index in [1.807, 2.05) is 12.2 Å². The van der Waals surface area contributed by atoms with Crippen molar-refractivity contribution in [1.29, 1.82) is 0 Å². The summed E-state index contributed by atoms with van der Waals surface area (Å²) in [6, 6.07) is 0. The van der Waals surface area contributed by atoms with Crippen LogP contribution in [0.5, 0.6) is 0 Å². The fourth-order valence-corrected chi connectivity index (χ4v) is 1.53. The Kier molecular flexibility index (Phi) is 3.43. The summed E-state index contributed by atoms with van der Waals surface area (Å²) in [6.45, 7) is 2.67. The third kappa shape index (κ3) is 3.15. The highest BCUT2D eigenvalue weighted by molar-refractivity contribution is 5.96. The number of Topliss-reactive ketones (excluding diaryl/α,β-unsaturated/α-hetero) is 1. The maximum absolute atomic E-state index is 11.0. The highest BCUT2D eigenvalue weighted by atomic mass is 16.1. The molecule has 0 aromatic carbocycles. The quantitative estimate of drug-likeness (QED) is 0.656. The highest BCUT2D eigenvalue weighted by Gasteiger charge is 2.11. The van der Waals surface area contributed by atoms with Crippen LogP contribution in [0.4, 0.5) is 0 Å². The molecule has 0 spiro atoms. The summed E-state index contributed by atoms with van der Waals surface area (Å²) < 4.78 is 0. The molecule has 0 saturated heterocycles. The van der Waals surface area contributed by atoms with Crippen LogP contribution in [0.15, 0.2) is 23.8 Å². The van der Waals surface area contributed by atoms with Crippen molar-refractivity contribution >= 4 is 5.78 Å². The van der Waals surface area contributed by atoms with E-state index in [1.165, 1.54) is 0 Å². The van der Waals surface area contributed by atoms with Gasteiger partial charge in [-0.1, -0.05) is 18.2 Å². The Hall–Kier alpha value is -0.890. The molecule has 0 radical (unpaired) electrons. The van der Waals surface area contributed by atoms with Gasteiger partial charge in [-0.2, -0.15) is 0 Å². The van der Waals surface area contributed by atoms with Gasteiger partial charge in [-0.25, -0.2) is 0 Å². The molecular formula is C11H17NO. The van der Waals surface area contributed by atoms with E-state index in [4.69, 9.17) is 0 Å². The number of allylic oxidation sites excluding steroid dienone is 3. The summed E-state index contributed by atoms with van der Waals surface area (Å²) in [5, 5.41) is 0. The molecule has 1 aliphatic rings. The molecule has 0 fully saturated rings. The molecule has 0 aliphatic heterocycles. The number of hydrogen-bond acceptors (Lipinski definition) is 2. The predicted octanol–water partition coefficient (Wildman–Crippen LogP) is 1.64. The van der Waals surface area contributed by atoms with E-state index >= 15 is 0 Å². The third-order valence-electron chi connectivity index (χ3n) is 2.19. The van der Waals surface area contributed by atoms with E-state index in [9.17, 15) is 4.79 Å². The largest absolute Gasteiger partial charge is 0.309 e. The van der Waals surface area contributed by atoms with E-state index in [0.29, 0.717) is 5.92 Å². The Morgan fingerprint density at radius 2 is 2.31 bits per heavy atom. The van der Waals surface area contributed by atoms with Crippen molar-refractivity contribution in [3.63, 3.8) is 0 Å². The Morgan fingerprint density at radius 1 is 1.62 bits per heavy atom. The van der Waals surface area contributed by atoms with Gasteiger partial charge in [0.15, 0.2) is 5.78 Å². The normalized spacial score (nSPS) is 21.8. The molecular weight excluding hydrogens is 162 g/mol. The second-order valence-corrected chi connectivity index (χ2v) is 3.83. The predicted molar refractivity (Wildman–Crippen MR) is 54.6 cm³/mol. The molecule has 1 unspecified atom stereocenters. The first-order chi connectivity index (χ1) is 6.09. The van der Waals surface area contributed by atoms with Crippen molar-refractivity contribution in [1.82, 2.24) is 4.90 Å². The number of carbonyl (C=O) groups excluding carboxylic acids is 1. The smallest absolute Gasteiger partial charge is 0.159 e. The maximum Gasteiger partial charge on any atom is 0.159 e. The Labute approximate surface area is 79.9 Å². The molecule has 0 N–H and O–H groups in total. The van der Waals surface area contributed by atoms with Crippen LogP contribution >= 0.6 is 0 Å². The minimum Gasteiger partial charge on any atom is -0.309 e. The maximum atomic E-state index is 11.0. The Morgan fingerprint density at radius 3 is 2.69 bits per heavy atom. The van der Waals surface area contributed by atoms with Crippen LogP contribution in [-0.2, 0) is 4.79 Å². The molecule has 0 amide bonds. The topological polar surface area (TPSA) is 20.3 Å². The molecule has 2 nitrogen and oxygen atoms in total. The third-order valence-corrected chi connectivity index (χ3v) is 2.19. The van der Waals surface area contributed by atoms with Crippen LogP contribution in [-0.4, -0.2) is 31.3 Å². The molecule has 0 aromatic heterocycles. The highest BCUT2D eigenvalue weighted by Crippen LogP contribution is 2.17. The van der Waals surface area contributed by atoms with Crippen molar-refractivity contribution in [2.75, 3.05) is 20.6 Å². The van der Waals surface area contributed by atoms with Crippen molar-refractivity contribution in [3.8, 4) is 0 Å². The number of carbonyl (C=O) groups is 1. The lowest BCUT2D eigenvalue weighted by Crippen LogP contribution is -2.21. The number of rotatable bonds is 3. The number of hydrogen-bond donors (Lipinski definition) is 0. The molecule has 1 atom stereocenters. The second-order valence-electron chi connectivity index (χ2n) is 3.83. The first-order valence-electron chi connectivity index (χ1n) is 4.63. The fraction of sp³-hybridized carbons (Fsp3) is 0.545. The molecule has 2 heteroatoms. The minimum atomic E-state index is 0.166. The van der Waals surface area contributed by atoms with E-state index in [0.717, 1.165) is 18.5 Å². The molecule has 0 bridgehead atoms. The monoisotopic (exact) mass is 179 g/mol. The number of nitrogens with zero attached hydrogens (tertiary/aromatic N) is 1. The van der Waals surface area contributed by atoms with Gasteiger partial charge >= 0.3 is 0 Å². The summed E-state index contributed by atoms with van der Waals surface area (Å²) in [5.41, 5.74) is 0.856. The van der Waals surface area contributed by atoms with Gasteiger partial charge in [0.2, 0.25) is 0 Å². The average Bonchev–Trinajstić information content (AvgIpc) is 2.04. The van der Waals surface area contributed by atoms with Crippen molar-refractivity contribution in [2.45, 2.75) is 13.3 Å². The van der Waals surface area contributed by atoms with Crippen molar-refractivity contribution < 1.29 is 4.79 Å². The van der Waals surface area contributed by atoms with E-state index in [1.54, 1.807) is 6.92 Å². The summed E-state index contributed by atoms with van der Waals surface area (Å²) in [6.07, 6.45) is 7.11. The van der Waals surface area contributed by atoms with Crippen molar-refractivity contribution in [3.05, 3.63) is 23.8 Å². The van der Waals surface area contributed by atoms with Crippen LogP contribution in [0, 0.1) is 5.92 Å². The van der Waals surface area contributed by atoms with Gasteiger partial charge < -0.3 is 4.90 Å². The van der Waals surface area contributed by atoms with Gasteiger partial charge in [0, 0.05) is 12.1 Å². The summed E-state index contributed by atoms with van der Waals surface area (Å²) >= 11 is 0. The van der Waals surface area contributed by atoms with E-state index in [2.05, 4.69) is 25.1 Å². The molecule has 0 heterocycles. The minimum absolute atomic E-state index is 0.166. The van der Waals surface area contributed by atoms with E-state index in [-0.39, 0.29) is 5.78 Å². The first kappa shape index (κ1) is 10.2. The Bertz CT molecular complexity index is 251. The van der Waals surface area contributed by atoms with Gasteiger partial charge in [-0.3, -0.25) is 4.79 Å². The summed E-state index contributed by atoms with van der Waals surface area (Å²) in [5.74, 6) is 0.734. The molecule has 13 heavy (non-hydrogen) atoms. The van der Waals surface area contributed by atoms with Crippen molar-refractivity contribution in [2.24, 2.45) is 5.92 Å². The van der Waals surface area contributed by atoms with E-state index < -0.39 is 0 Å². The van der Waals surface area contributed by atoms with Gasteiger partial charge in [0.05, 0.1) is 0 Å². The zero-order chi connectivity index (χ0) is 9.84. The fourth-order valence-electron chi connectivity index (χ4n) is 1.53. The molecule has 72 valence electrons. The molecule has 1 aliphatic carbocycles. The van der Waals surface area contributed by atoms with Gasteiger partial charge in [0.25, 0.3) is 0 Å². The van der Waals surface area contributed by atoms with Gasteiger partial charge in [-0.15, -0.1) is 0 Å². The number of ketones is 1.